The molecule has 0 fully saturated rings. The Hall–Kier alpha value is -2.24. The molecule has 1 rings (SSSR count). The summed E-state index contributed by atoms with van der Waals surface area (Å²) in [6, 6.07) is 3.05. The van der Waals surface area contributed by atoms with Crippen molar-refractivity contribution >= 4 is 24.0 Å². The van der Waals surface area contributed by atoms with Crippen LogP contribution in [0.2, 0.25) is 0 Å². The number of nitrogens with one attached hydrogen (secondary N) is 1. The number of hydrogen-bond acceptors (Lipinski definition) is 5. The number of pyridine rings is 1. The molecule has 0 bridgehead atoms. The third-order valence-corrected chi connectivity index (χ3v) is 1.97. The highest BCUT2D eigenvalue weighted by Crippen LogP contribution is 2.04. The summed E-state index contributed by atoms with van der Waals surface area (Å²) in [7, 11) is 1.26. The van der Waals surface area contributed by atoms with Crippen LogP contribution in [0.3, 0.4) is 0 Å². The molecule has 0 aromatic carbocycles. The zero-order valence-electron chi connectivity index (χ0n) is 9.30. The highest BCUT2D eigenvalue weighted by molar-refractivity contribution is 5.91. The van der Waals surface area contributed by atoms with Crippen LogP contribution < -0.4 is 5.32 Å². The Morgan fingerprint density at radius 2 is 2.18 bits per heavy atom. The quantitative estimate of drug-likeness (QED) is 0.603. The summed E-state index contributed by atoms with van der Waals surface area (Å²) >= 11 is 0. The summed E-state index contributed by atoms with van der Waals surface area (Å²) in [4.78, 5) is 36.4. The number of esters is 1. The SMILES string of the molecule is COC(=O)CCC(=O)Nc1ccc(C=O)cn1. The van der Waals surface area contributed by atoms with Crippen molar-refractivity contribution in [3.63, 3.8) is 0 Å². The van der Waals surface area contributed by atoms with Crippen LogP contribution in [0.1, 0.15) is 23.2 Å². The van der Waals surface area contributed by atoms with E-state index in [9.17, 15) is 14.4 Å². The monoisotopic (exact) mass is 236 g/mol. The lowest BCUT2D eigenvalue weighted by Crippen LogP contribution is -2.14. The van der Waals surface area contributed by atoms with Crippen molar-refractivity contribution in [2.24, 2.45) is 0 Å². The van der Waals surface area contributed by atoms with Gasteiger partial charge in [0, 0.05) is 18.2 Å². The van der Waals surface area contributed by atoms with Crippen LogP contribution in [0, 0.1) is 0 Å². The average molecular weight is 236 g/mol. The lowest BCUT2D eigenvalue weighted by molar-refractivity contribution is -0.141. The van der Waals surface area contributed by atoms with E-state index < -0.39 is 5.97 Å². The van der Waals surface area contributed by atoms with Crippen LogP contribution in [0.4, 0.5) is 5.82 Å². The van der Waals surface area contributed by atoms with Crippen LogP contribution >= 0.6 is 0 Å². The van der Waals surface area contributed by atoms with Gasteiger partial charge in [-0.05, 0) is 12.1 Å². The Morgan fingerprint density at radius 1 is 1.41 bits per heavy atom. The first-order valence-corrected chi connectivity index (χ1v) is 4.93. The second kappa shape index (κ2) is 6.37. The number of carbonyl (C=O) groups is 3. The number of ether oxygens (including phenoxy) is 1. The Balaban J connectivity index is 2.44. The van der Waals surface area contributed by atoms with E-state index in [4.69, 9.17) is 0 Å². The topological polar surface area (TPSA) is 85.4 Å². The maximum absolute atomic E-state index is 11.4. The third kappa shape index (κ3) is 4.42. The highest BCUT2D eigenvalue weighted by atomic mass is 16.5. The molecule has 90 valence electrons. The van der Waals surface area contributed by atoms with Gasteiger partial charge in [0.15, 0.2) is 6.29 Å². The molecule has 0 saturated carbocycles. The van der Waals surface area contributed by atoms with Crippen LogP contribution in [-0.4, -0.2) is 30.3 Å². The van der Waals surface area contributed by atoms with E-state index in [0.717, 1.165) is 0 Å². The minimum atomic E-state index is -0.440. The summed E-state index contributed by atoms with van der Waals surface area (Å²) in [6.45, 7) is 0. The molecule has 0 aliphatic carbocycles. The number of methoxy groups -OCH3 is 1. The maximum atomic E-state index is 11.4. The van der Waals surface area contributed by atoms with E-state index >= 15 is 0 Å². The zero-order valence-corrected chi connectivity index (χ0v) is 9.30. The molecule has 0 spiro atoms. The van der Waals surface area contributed by atoms with Gasteiger partial charge in [0.1, 0.15) is 5.82 Å². The van der Waals surface area contributed by atoms with Gasteiger partial charge in [-0.1, -0.05) is 0 Å². The third-order valence-electron chi connectivity index (χ3n) is 1.97. The Labute approximate surface area is 98.0 Å². The summed E-state index contributed by atoms with van der Waals surface area (Å²) in [5.41, 5.74) is 0.428. The lowest BCUT2D eigenvalue weighted by Gasteiger charge is -2.03. The van der Waals surface area contributed by atoms with Crippen molar-refractivity contribution in [1.82, 2.24) is 4.98 Å². The van der Waals surface area contributed by atoms with Crippen molar-refractivity contribution in [2.75, 3.05) is 12.4 Å². The molecule has 1 aromatic rings. The number of hydrogen-bond donors (Lipinski definition) is 1. The standard InChI is InChI=1S/C11H12N2O4/c1-17-11(16)5-4-10(15)13-9-3-2-8(7-14)6-12-9/h2-3,6-7H,4-5H2,1H3,(H,12,13,15). The Morgan fingerprint density at radius 3 is 2.71 bits per heavy atom. The first-order valence-electron chi connectivity index (χ1n) is 4.93. The first-order chi connectivity index (χ1) is 8.15. The van der Waals surface area contributed by atoms with Gasteiger partial charge in [-0.3, -0.25) is 14.4 Å². The molecule has 0 aliphatic rings. The van der Waals surface area contributed by atoms with E-state index in [1.807, 2.05) is 0 Å². The fourth-order valence-electron chi connectivity index (χ4n) is 1.07. The number of amides is 1. The number of carbonyl (C=O) groups excluding carboxylic acids is 3. The number of nitrogens with zero attached hydrogens (tertiary/aromatic N) is 1. The maximum Gasteiger partial charge on any atom is 0.306 e. The molecular weight excluding hydrogens is 224 g/mol. The van der Waals surface area contributed by atoms with E-state index in [2.05, 4.69) is 15.0 Å². The Bertz CT molecular complexity index is 414. The minimum absolute atomic E-state index is 0.0226. The molecule has 1 amide bonds. The van der Waals surface area contributed by atoms with E-state index in [1.165, 1.54) is 25.4 Å². The fourth-order valence-corrected chi connectivity index (χ4v) is 1.07. The molecule has 0 unspecified atom stereocenters. The number of aldehydes is 1. The van der Waals surface area contributed by atoms with Crippen molar-refractivity contribution in [1.29, 1.82) is 0 Å². The highest BCUT2D eigenvalue weighted by Gasteiger charge is 2.07. The van der Waals surface area contributed by atoms with E-state index in [-0.39, 0.29) is 18.7 Å². The molecule has 1 N–H and O–H groups in total. The smallest absolute Gasteiger partial charge is 0.306 e. The van der Waals surface area contributed by atoms with Crippen molar-refractivity contribution in [3.05, 3.63) is 23.9 Å². The predicted octanol–water partition coefficient (Wildman–Crippen LogP) is 0.786. The predicted molar refractivity (Wildman–Crippen MR) is 59.5 cm³/mol. The molecule has 0 saturated heterocycles. The minimum Gasteiger partial charge on any atom is -0.469 e. The van der Waals surface area contributed by atoms with Gasteiger partial charge in [-0.15, -0.1) is 0 Å². The van der Waals surface area contributed by atoms with Gasteiger partial charge in [0.05, 0.1) is 13.5 Å². The molecular formula is C11H12N2O4. The largest absolute Gasteiger partial charge is 0.469 e. The van der Waals surface area contributed by atoms with Gasteiger partial charge < -0.3 is 10.1 Å². The summed E-state index contributed by atoms with van der Waals surface area (Å²) < 4.78 is 4.41. The van der Waals surface area contributed by atoms with Crippen LogP contribution in [-0.2, 0) is 14.3 Å². The molecule has 1 heterocycles. The van der Waals surface area contributed by atoms with Gasteiger partial charge in [0.25, 0.3) is 0 Å². The molecule has 6 heteroatoms. The second-order valence-electron chi connectivity index (χ2n) is 3.22. The summed E-state index contributed by atoms with van der Waals surface area (Å²) in [6.07, 6.45) is 2.07. The fraction of sp³-hybridized carbons (Fsp3) is 0.273. The molecule has 0 atom stereocenters. The molecule has 6 nitrogen and oxygen atoms in total. The summed E-state index contributed by atoms with van der Waals surface area (Å²) in [5, 5.41) is 2.50. The number of rotatable bonds is 5. The second-order valence-corrected chi connectivity index (χ2v) is 3.22. The molecule has 0 aliphatic heterocycles. The first kappa shape index (κ1) is 12.8. The number of aromatic nitrogens is 1. The Kier molecular flexibility index (Phi) is 4.80. The van der Waals surface area contributed by atoms with Gasteiger partial charge in [-0.2, -0.15) is 0 Å². The molecule has 17 heavy (non-hydrogen) atoms. The van der Waals surface area contributed by atoms with Gasteiger partial charge in [0.2, 0.25) is 5.91 Å². The van der Waals surface area contributed by atoms with E-state index in [1.54, 1.807) is 0 Å². The van der Waals surface area contributed by atoms with Crippen LogP contribution in [0.5, 0.6) is 0 Å². The van der Waals surface area contributed by atoms with Crippen LogP contribution in [0.25, 0.3) is 0 Å². The lowest BCUT2D eigenvalue weighted by atomic mass is 10.3. The zero-order chi connectivity index (χ0) is 12.7. The average Bonchev–Trinajstić information content (AvgIpc) is 2.36. The molecule has 0 radical (unpaired) electrons. The summed E-state index contributed by atoms with van der Waals surface area (Å²) in [5.74, 6) is -0.434. The van der Waals surface area contributed by atoms with Crippen LogP contribution in [0.15, 0.2) is 18.3 Å². The number of anilines is 1. The van der Waals surface area contributed by atoms with Crippen molar-refractivity contribution in [3.8, 4) is 0 Å². The van der Waals surface area contributed by atoms with Gasteiger partial charge in [-0.25, -0.2) is 4.98 Å². The van der Waals surface area contributed by atoms with Crippen molar-refractivity contribution < 1.29 is 19.1 Å². The van der Waals surface area contributed by atoms with Crippen molar-refractivity contribution in [2.45, 2.75) is 12.8 Å². The molecule has 1 aromatic heterocycles. The van der Waals surface area contributed by atoms with E-state index in [0.29, 0.717) is 17.7 Å². The normalized spacial score (nSPS) is 9.47. The van der Waals surface area contributed by atoms with Gasteiger partial charge >= 0.3 is 5.97 Å².